The van der Waals surface area contributed by atoms with E-state index in [0.29, 0.717) is 0 Å². The minimum Gasteiger partial charge on any atom is -0.371 e. The number of hydrogen-bond donors (Lipinski definition) is 1. The van der Waals surface area contributed by atoms with Crippen molar-refractivity contribution in [2.24, 2.45) is 12.8 Å². The number of aryl methyl sites for hydroxylation is 1. The van der Waals surface area contributed by atoms with Gasteiger partial charge in [0.2, 0.25) is 0 Å². The van der Waals surface area contributed by atoms with Crippen molar-refractivity contribution in [2.75, 3.05) is 18.5 Å². The Morgan fingerprint density at radius 1 is 1.38 bits per heavy atom. The van der Waals surface area contributed by atoms with Crippen LogP contribution in [0.15, 0.2) is 30.5 Å². The molecule has 0 spiro atoms. The third-order valence-electron chi connectivity index (χ3n) is 2.85. The van der Waals surface area contributed by atoms with E-state index >= 15 is 0 Å². The van der Waals surface area contributed by atoms with Crippen molar-refractivity contribution in [3.8, 4) is 0 Å². The van der Waals surface area contributed by atoms with E-state index in [2.05, 4.69) is 54.0 Å². The lowest BCUT2D eigenvalue weighted by Gasteiger charge is -2.20. The van der Waals surface area contributed by atoms with Crippen LogP contribution in [-0.4, -0.2) is 24.2 Å². The Morgan fingerprint density at radius 3 is 2.75 bits per heavy atom. The zero-order chi connectivity index (χ0) is 11.7. The maximum atomic E-state index is 5.83. The van der Waals surface area contributed by atoms with Gasteiger partial charge < -0.3 is 15.2 Å². The van der Waals surface area contributed by atoms with Crippen LogP contribution >= 0.6 is 0 Å². The summed E-state index contributed by atoms with van der Waals surface area (Å²) in [5.74, 6) is 0. The number of para-hydroxylation sites is 1. The number of nitrogens with two attached hydrogens (primary N) is 1. The molecule has 0 aliphatic rings. The third kappa shape index (κ3) is 1.91. The quantitative estimate of drug-likeness (QED) is 0.852. The van der Waals surface area contributed by atoms with Gasteiger partial charge >= 0.3 is 0 Å². The van der Waals surface area contributed by atoms with Gasteiger partial charge in [0, 0.05) is 43.8 Å². The Bertz CT molecular complexity index is 485. The molecule has 16 heavy (non-hydrogen) atoms. The molecule has 0 amide bonds. The first kappa shape index (κ1) is 11.0. The van der Waals surface area contributed by atoms with E-state index in [4.69, 9.17) is 5.73 Å². The van der Waals surface area contributed by atoms with Crippen LogP contribution in [0, 0.1) is 0 Å². The molecular weight excluding hydrogens is 198 g/mol. The van der Waals surface area contributed by atoms with E-state index in [1.54, 1.807) is 0 Å². The fraction of sp³-hybridized carbons (Fsp3) is 0.385. The Kier molecular flexibility index (Phi) is 2.88. The Labute approximate surface area is 96.5 Å². The monoisotopic (exact) mass is 217 g/mol. The lowest BCUT2D eigenvalue weighted by atomic mass is 10.2. The highest BCUT2D eigenvalue weighted by Gasteiger charge is 2.10. The van der Waals surface area contributed by atoms with Gasteiger partial charge in [-0.1, -0.05) is 18.2 Å². The van der Waals surface area contributed by atoms with Gasteiger partial charge in [-0.2, -0.15) is 0 Å². The molecule has 0 fully saturated rings. The van der Waals surface area contributed by atoms with Crippen LogP contribution in [0.1, 0.15) is 6.92 Å². The summed E-state index contributed by atoms with van der Waals surface area (Å²) >= 11 is 0. The predicted octanol–water partition coefficient (Wildman–Crippen LogP) is 1.96. The maximum Gasteiger partial charge on any atom is 0.0623 e. The fourth-order valence-electron chi connectivity index (χ4n) is 2.15. The molecule has 3 nitrogen and oxygen atoms in total. The van der Waals surface area contributed by atoms with Crippen molar-refractivity contribution < 1.29 is 0 Å². The minimum atomic E-state index is 0.184. The number of rotatable bonds is 3. The van der Waals surface area contributed by atoms with Crippen LogP contribution in [0.3, 0.4) is 0 Å². The van der Waals surface area contributed by atoms with Gasteiger partial charge in [-0.05, 0) is 13.0 Å². The van der Waals surface area contributed by atoms with Crippen molar-refractivity contribution >= 4 is 16.6 Å². The van der Waals surface area contributed by atoms with Crippen molar-refractivity contribution in [1.29, 1.82) is 0 Å². The second kappa shape index (κ2) is 4.18. The summed E-state index contributed by atoms with van der Waals surface area (Å²) in [6, 6.07) is 8.62. The van der Waals surface area contributed by atoms with Crippen LogP contribution < -0.4 is 10.6 Å². The SMILES string of the molecule is CC(N)CN(C)c1cn(C)c2ccccc12. The minimum absolute atomic E-state index is 0.184. The average Bonchev–Trinajstić information content (AvgIpc) is 2.56. The molecule has 0 aliphatic heterocycles. The van der Waals surface area contributed by atoms with E-state index in [1.165, 1.54) is 16.6 Å². The third-order valence-corrected chi connectivity index (χ3v) is 2.85. The number of anilines is 1. The van der Waals surface area contributed by atoms with E-state index < -0.39 is 0 Å². The van der Waals surface area contributed by atoms with Gasteiger partial charge in [-0.3, -0.25) is 0 Å². The summed E-state index contributed by atoms with van der Waals surface area (Å²) in [7, 11) is 4.16. The van der Waals surface area contributed by atoms with Gasteiger partial charge in [0.15, 0.2) is 0 Å². The van der Waals surface area contributed by atoms with Crippen molar-refractivity contribution in [3.63, 3.8) is 0 Å². The Hall–Kier alpha value is -1.48. The van der Waals surface area contributed by atoms with Crippen LogP contribution in [0.25, 0.3) is 10.9 Å². The van der Waals surface area contributed by atoms with Gasteiger partial charge in [0.25, 0.3) is 0 Å². The second-order valence-electron chi connectivity index (χ2n) is 4.50. The van der Waals surface area contributed by atoms with E-state index in [1.807, 2.05) is 6.92 Å². The van der Waals surface area contributed by atoms with Gasteiger partial charge in [-0.25, -0.2) is 0 Å². The summed E-state index contributed by atoms with van der Waals surface area (Å²) in [5, 5.41) is 1.29. The number of hydrogen-bond acceptors (Lipinski definition) is 2. The van der Waals surface area contributed by atoms with Crippen LogP contribution in [0.4, 0.5) is 5.69 Å². The molecule has 1 heterocycles. The first-order valence-corrected chi connectivity index (χ1v) is 5.60. The van der Waals surface area contributed by atoms with Crippen LogP contribution in [-0.2, 0) is 7.05 Å². The number of benzene rings is 1. The first-order chi connectivity index (χ1) is 7.59. The molecule has 1 unspecified atom stereocenters. The Balaban J connectivity index is 2.44. The van der Waals surface area contributed by atoms with E-state index in [0.717, 1.165) is 6.54 Å². The van der Waals surface area contributed by atoms with E-state index in [9.17, 15) is 0 Å². The largest absolute Gasteiger partial charge is 0.371 e. The summed E-state index contributed by atoms with van der Waals surface area (Å²) in [4.78, 5) is 2.22. The van der Waals surface area contributed by atoms with Crippen molar-refractivity contribution in [2.45, 2.75) is 13.0 Å². The molecule has 1 atom stereocenters. The molecule has 0 bridgehead atoms. The summed E-state index contributed by atoms with van der Waals surface area (Å²) in [5.41, 5.74) is 8.34. The molecule has 2 aromatic rings. The van der Waals surface area contributed by atoms with E-state index in [-0.39, 0.29) is 6.04 Å². The summed E-state index contributed by atoms with van der Waals surface area (Å²) in [6.07, 6.45) is 2.16. The number of likely N-dealkylation sites (N-methyl/N-ethyl adjacent to an activating group) is 1. The Morgan fingerprint density at radius 2 is 2.06 bits per heavy atom. The molecule has 1 aromatic heterocycles. The molecule has 0 radical (unpaired) electrons. The molecular formula is C13H19N3. The molecule has 0 saturated carbocycles. The molecule has 1 aromatic carbocycles. The predicted molar refractivity (Wildman–Crippen MR) is 69.8 cm³/mol. The van der Waals surface area contributed by atoms with Crippen LogP contribution in [0.2, 0.25) is 0 Å². The lowest BCUT2D eigenvalue weighted by molar-refractivity contribution is 0.718. The topological polar surface area (TPSA) is 34.2 Å². The average molecular weight is 217 g/mol. The smallest absolute Gasteiger partial charge is 0.0623 e. The standard InChI is InChI=1S/C13H19N3/c1-10(14)8-15(2)13-9-16(3)12-7-5-4-6-11(12)13/h4-7,9-10H,8,14H2,1-3H3. The second-order valence-corrected chi connectivity index (χ2v) is 4.50. The highest BCUT2D eigenvalue weighted by Crippen LogP contribution is 2.27. The summed E-state index contributed by atoms with van der Waals surface area (Å²) < 4.78 is 2.16. The number of nitrogens with zero attached hydrogens (tertiary/aromatic N) is 2. The molecule has 86 valence electrons. The van der Waals surface area contributed by atoms with Crippen molar-refractivity contribution in [3.05, 3.63) is 30.5 Å². The molecule has 0 saturated heterocycles. The lowest BCUT2D eigenvalue weighted by Crippen LogP contribution is -2.32. The van der Waals surface area contributed by atoms with Gasteiger partial charge in [0.1, 0.15) is 0 Å². The summed E-state index contributed by atoms with van der Waals surface area (Å²) in [6.45, 7) is 2.90. The zero-order valence-electron chi connectivity index (χ0n) is 10.1. The normalized spacial score (nSPS) is 13.0. The number of fused-ring (bicyclic) bond motifs is 1. The van der Waals surface area contributed by atoms with Crippen molar-refractivity contribution in [1.82, 2.24) is 4.57 Å². The molecule has 0 aliphatic carbocycles. The van der Waals surface area contributed by atoms with Gasteiger partial charge in [0.05, 0.1) is 5.69 Å². The molecule has 2 rings (SSSR count). The first-order valence-electron chi connectivity index (χ1n) is 5.60. The van der Waals surface area contributed by atoms with Crippen LogP contribution in [0.5, 0.6) is 0 Å². The van der Waals surface area contributed by atoms with Gasteiger partial charge in [-0.15, -0.1) is 0 Å². The highest BCUT2D eigenvalue weighted by atomic mass is 15.1. The molecule has 3 heteroatoms. The highest BCUT2D eigenvalue weighted by molar-refractivity contribution is 5.93. The fourth-order valence-corrected chi connectivity index (χ4v) is 2.15. The zero-order valence-corrected chi connectivity index (χ0v) is 10.1. The number of aromatic nitrogens is 1. The molecule has 2 N–H and O–H groups in total. The maximum absolute atomic E-state index is 5.83.